The van der Waals surface area contributed by atoms with Gasteiger partial charge in [-0.2, -0.15) is 8.75 Å². The Hall–Kier alpha value is -2.56. The summed E-state index contributed by atoms with van der Waals surface area (Å²) in [5.74, 6) is 0.232. The molecule has 0 radical (unpaired) electrons. The molecular weight excluding hydrogens is 384 g/mol. The van der Waals surface area contributed by atoms with Crippen LogP contribution in [0.25, 0.3) is 11.0 Å². The van der Waals surface area contributed by atoms with Crippen LogP contribution >= 0.6 is 11.7 Å². The number of aliphatic imine (C=N–C) groups is 1. The lowest BCUT2D eigenvalue weighted by molar-refractivity contribution is 0.255. The molecular formula is C17H18N6O2S2. The van der Waals surface area contributed by atoms with E-state index in [4.69, 9.17) is 0 Å². The van der Waals surface area contributed by atoms with Crippen LogP contribution in [-0.4, -0.2) is 41.4 Å². The SMILES string of the molecule is Cc1ccc(CN2CN=C(NS(=O)(=O)c3cccc4nsnc34)NC2)cc1. The van der Waals surface area contributed by atoms with E-state index in [1.54, 1.807) is 12.1 Å². The summed E-state index contributed by atoms with van der Waals surface area (Å²) in [7, 11) is -3.80. The summed E-state index contributed by atoms with van der Waals surface area (Å²) in [6.45, 7) is 3.69. The first-order valence-electron chi connectivity index (χ1n) is 8.31. The van der Waals surface area contributed by atoms with E-state index in [0.717, 1.165) is 18.3 Å². The fourth-order valence-corrected chi connectivity index (χ4v) is 4.54. The highest BCUT2D eigenvalue weighted by Gasteiger charge is 2.23. The highest BCUT2D eigenvalue weighted by atomic mass is 32.2. The molecule has 0 saturated carbocycles. The van der Waals surface area contributed by atoms with E-state index in [0.29, 0.717) is 24.4 Å². The van der Waals surface area contributed by atoms with Gasteiger partial charge in [0.1, 0.15) is 15.9 Å². The molecule has 8 nitrogen and oxygen atoms in total. The zero-order valence-electron chi connectivity index (χ0n) is 14.6. The van der Waals surface area contributed by atoms with Gasteiger partial charge >= 0.3 is 0 Å². The lowest BCUT2D eigenvalue weighted by Crippen LogP contribution is -2.49. The summed E-state index contributed by atoms with van der Waals surface area (Å²) in [6, 6.07) is 13.2. The zero-order valence-corrected chi connectivity index (χ0v) is 16.2. The topological polar surface area (TPSA) is 99.6 Å². The van der Waals surface area contributed by atoms with Crippen LogP contribution in [0.1, 0.15) is 11.1 Å². The molecule has 1 aromatic heterocycles. The third-order valence-corrected chi connectivity index (χ3v) is 6.11. The maximum Gasteiger partial charge on any atom is 0.266 e. The molecule has 0 fully saturated rings. The van der Waals surface area contributed by atoms with Crippen molar-refractivity contribution in [3.8, 4) is 0 Å². The van der Waals surface area contributed by atoms with Crippen molar-refractivity contribution in [3.05, 3.63) is 53.6 Å². The van der Waals surface area contributed by atoms with Crippen molar-refractivity contribution in [1.29, 1.82) is 0 Å². The fraction of sp³-hybridized carbons (Fsp3) is 0.235. The largest absolute Gasteiger partial charge is 0.343 e. The Bertz CT molecular complexity index is 1090. The highest BCUT2D eigenvalue weighted by Crippen LogP contribution is 2.20. The second kappa shape index (κ2) is 7.22. The Morgan fingerprint density at radius 2 is 2.00 bits per heavy atom. The number of fused-ring (bicyclic) bond motifs is 1. The predicted molar refractivity (Wildman–Crippen MR) is 105 cm³/mol. The van der Waals surface area contributed by atoms with Gasteiger partial charge in [0.05, 0.1) is 25.1 Å². The van der Waals surface area contributed by atoms with Crippen LogP contribution in [0.2, 0.25) is 0 Å². The average Bonchev–Trinajstić information content (AvgIpc) is 3.13. The van der Waals surface area contributed by atoms with E-state index in [1.165, 1.54) is 17.2 Å². The number of benzene rings is 2. The molecule has 0 aliphatic carbocycles. The van der Waals surface area contributed by atoms with Crippen LogP contribution in [-0.2, 0) is 16.6 Å². The Balaban J connectivity index is 1.45. The minimum absolute atomic E-state index is 0.0975. The van der Waals surface area contributed by atoms with Gasteiger partial charge in [0, 0.05) is 6.54 Å². The van der Waals surface area contributed by atoms with Gasteiger partial charge in [-0.25, -0.2) is 18.1 Å². The standard InChI is InChI=1S/C17H18N6O2S2/c1-12-5-7-13(8-6-12)9-23-10-18-17(19-11-23)22-27(24,25)15-4-2-3-14-16(15)21-26-20-14/h2-8H,9-11H2,1H3,(H2,18,19,22). The van der Waals surface area contributed by atoms with Crippen LogP contribution in [0.4, 0.5) is 0 Å². The number of aryl methyl sites for hydroxylation is 1. The Morgan fingerprint density at radius 1 is 1.19 bits per heavy atom. The maximum absolute atomic E-state index is 12.7. The third-order valence-electron chi connectivity index (χ3n) is 4.20. The molecule has 0 amide bonds. The molecule has 0 unspecified atom stereocenters. The molecule has 1 aliphatic heterocycles. The van der Waals surface area contributed by atoms with Crippen LogP contribution in [0.15, 0.2) is 52.4 Å². The van der Waals surface area contributed by atoms with E-state index in [-0.39, 0.29) is 10.9 Å². The molecule has 1 aliphatic rings. The number of aromatic nitrogens is 2. The molecule has 10 heteroatoms. The van der Waals surface area contributed by atoms with Crippen molar-refractivity contribution in [1.82, 2.24) is 23.7 Å². The van der Waals surface area contributed by atoms with Crippen LogP contribution < -0.4 is 10.0 Å². The van der Waals surface area contributed by atoms with Gasteiger partial charge in [-0.05, 0) is 24.6 Å². The second-order valence-electron chi connectivity index (χ2n) is 6.29. The average molecular weight is 403 g/mol. The Kier molecular flexibility index (Phi) is 4.77. The second-order valence-corrected chi connectivity index (χ2v) is 8.47. The van der Waals surface area contributed by atoms with Gasteiger partial charge in [-0.3, -0.25) is 4.90 Å². The number of hydrogen-bond acceptors (Lipinski definition) is 8. The minimum atomic E-state index is -3.80. The number of rotatable bonds is 4. The van der Waals surface area contributed by atoms with Crippen LogP contribution in [0.3, 0.4) is 0 Å². The number of hydrogen-bond donors (Lipinski definition) is 2. The van der Waals surface area contributed by atoms with Crippen LogP contribution in [0, 0.1) is 6.92 Å². The quantitative estimate of drug-likeness (QED) is 0.688. The fourth-order valence-electron chi connectivity index (χ4n) is 2.77. The lowest BCUT2D eigenvalue weighted by Gasteiger charge is -2.27. The van der Waals surface area contributed by atoms with E-state index in [1.807, 2.05) is 0 Å². The first-order valence-corrected chi connectivity index (χ1v) is 10.5. The summed E-state index contributed by atoms with van der Waals surface area (Å²) < 4.78 is 36.1. The first kappa shape index (κ1) is 17.8. The Morgan fingerprint density at radius 3 is 2.74 bits per heavy atom. The normalized spacial score (nSPS) is 15.4. The van der Waals surface area contributed by atoms with Gasteiger partial charge in [0.2, 0.25) is 5.96 Å². The van der Waals surface area contributed by atoms with E-state index >= 15 is 0 Å². The molecule has 3 aromatic rings. The van der Waals surface area contributed by atoms with Crippen molar-refractivity contribution >= 4 is 38.7 Å². The third kappa shape index (κ3) is 3.92. The van der Waals surface area contributed by atoms with Gasteiger partial charge in [-0.15, -0.1) is 0 Å². The number of sulfonamides is 1. The molecule has 0 atom stereocenters. The highest BCUT2D eigenvalue weighted by molar-refractivity contribution is 7.90. The zero-order chi connectivity index (χ0) is 18.9. The first-order chi connectivity index (χ1) is 13.0. The van der Waals surface area contributed by atoms with Crippen molar-refractivity contribution < 1.29 is 8.42 Å². The summed E-state index contributed by atoms with van der Waals surface area (Å²) in [5, 5.41) is 3.02. The van der Waals surface area contributed by atoms with Crippen molar-refractivity contribution in [2.45, 2.75) is 18.4 Å². The summed E-state index contributed by atoms with van der Waals surface area (Å²) in [6.07, 6.45) is 0. The number of nitrogens with zero attached hydrogens (tertiary/aromatic N) is 4. The van der Waals surface area contributed by atoms with E-state index in [2.05, 4.69) is 59.9 Å². The number of guanidine groups is 1. The van der Waals surface area contributed by atoms with Gasteiger partial charge < -0.3 is 5.32 Å². The van der Waals surface area contributed by atoms with Crippen molar-refractivity contribution in [3.63, 3.8) is 0 Å². The van der Waals surface area contributed by atoms with E-state index < -0.39 is 10.0 Å². The Labute approximate surface area is 161 Å². The molecule has 0 saturated heterocycles. The predicted octanol–water partition coefficient (Wildman–Crippen LogP) is 1.65. The van der Waals surface area contributed by atoms with Gasteiger partial charge in [0.25, 0.3) is 10.0 Å². The maximum atomic E-state index is 12.7. The summed E-state index contributed by atoms with van der Waals surface area (Å²) >= 11 is 0.986. The van der Waals surface area contributed by atoms with Crippen molar-refractivity contribution in [2.75, 3.05) is 13.3 Å². The van der Waals surface area contributed by atoms with Crippen molar-refractivity contribution in [2.24, 2.45) is 4.99 Å². The summed E-state index contributed by atoms with van der Waals surface area (Å²) in [5.41, 5.74) is 3.33. The molecule has 2 N–H and O–H groups in total. The molecule has 140 valence electrons. The lowest BCUT2D eigenvalue weighted by atomic mass is 10.1. The number of nitrogens with one attached hydrogen (secondary N) is 2. The van der Waals surface area contributed by atoms with Gasteiger partial charge in [-0.1, -0.05) is 35.9 Å². The molecule has 4 rings (SSSR count). The molecule has 0 spiro atoms. The minimum Gasteiger partial charge on any atom is -0.343 e. The van der Waals surface area contributed by atoms with E-state index in [9.17, 15) is 8.42 Å². The molecule has 0 bridgehead atoms. The van der Waals surface area contributed by atoms with Gasteiger partial charge in [0.15, 0.2) is 0 Å². The molecule has 27 heavy (non-hydrogen) atoms. The molecule has 2 heterocycles. The summed E-state index contributed by atoms with van der Waals surface area (Å²) in [4.78, 5) is 6.49. The monoisotopic (exact) mass is 402 g/mol. The smallest absolute Gasteiger partial charge is 0.266 e. The van der Waals surface area contributed by atoms with Crippen LogP contribution in [0.5, 0.6) is 0 Å². The molecule has 2 aromatic carbocycles.